The Morgan fingerprint density at radius 3 is 2.24 bits per heavy atom. The molecule has 3 atom stereocenters. The van der Waals surface area contributed by atoms with Crippen LogP contribution in [-0.4, -0.2) is 66.4 Å². The van der Waals surface area contributed by atoms with Gasteiger partial charge in [-0.15, -0.1) is 0 Å². The normalized spacial score (nSPS) is 21.1. The largest absolute Gasteiger partial charge is 0.416 e. The molecule has 0 aliphatic carbocycles. The van der Waals surface area contributed by atoms with Crippen molar-refractivity contribution in [3.8, 4) is 0 Å². The number of benzene rings is 2. The van der Waals surface area contributed by atoms with E-state index in [1.807, 2.05) is 4.90 Å². The third-order valence-corrected chi connectivity index (χ3v) is 7.90. The van der Waals surface area contributed by atoms with E-state index in [0.717, 1.165) is 4.90 Å². The van der Waals surface area contributed by atoms with Gasteiger partial charge in [-0.25, -0.2) is 9.18 Å². The van der Waals surface area contributed by atoms with Crippen molar-refractivity contribution in [2.75, 3.05) is 39.8 Å². The fourth-order valence-electron chi connectivity index (χ4n) is 5.65. The molecule has 3 unspecified atom stereocenters. The summed E-state index contributed by atoms with van der Waals surface area (Å²) in [6.07, 6.45) is -9.50. The van der Waals surface area contributed by atoms with Gasteiger partial charge < -0.3 is 15.1 Å². The van der Waals surface area contributed by atoms with Crippen LogP contribution in [0.3, 0.4) is 0 Å². The van der Waals surface area contributed by atoms with E-state index < -0.39 is 47.4 Å². The Morgan fingerprint density at radius 1 is 1.05 bits per heavy atom. The van der Waals surface area contributed by atoms with Gasteiger partial charge in [0.1, 0.15) is 5.82 Å². The summed E-state index contributed by atoms with van der Waals surface area (Å²) in [6, 6.07) is 3.24. The van der Waals surface area contributed by atoms with Crippen LogP contribution < -0.4 is 5.32 Å². The summed E-state index contributed by atoms with van der Waals surface area (Å²) in [7, 11) is 1.33. The van der Waals surface area contributed by atoms with Crippen LogP contribution in [0.2, 0.25) is 0 Å². The lowest BCUT2D eigenvalue weighted by Crippen LogP contribution is -2.49. The highest BCUT2D eigenvalue weighted by Crippen LogP contribution is 2.42. The molecule has 2 aliphatic rings. The van der Waals surface area contributed by atoms with Crippen molar-refractivity contribution in [2.45, 2.75) is 44.7 Å². The number of alkyl halides is 6. The maximum Gasteiger partial charge on any atom is 0.416 e. The molecule has 0 radical (unpaired) electrons. The van der Waals surface area contributed by atoms with Gasteiger partial charge in [0.15, 0.2) is 0 Å². The van der Waals surface area contributed by atoms with Crippen LogP contribution in [0.25, 0.3) is 0 Å². The second-order valence-electron chi connectivity index (χ2n) is 10.7. The fraction of sp³-hybridized carbons (Fsp3) is 0.500. The number of nitrogens with one attached hydrogen (secondary N) is 1. The number of nitrogens with zero attached hydrogens (tertiary/aromatic N) is 3. The van der Waals surface area contributed by atoms with Crippen molar-refractivity contribution in [3.63, 3.8) is 0 Å². The second-order valence-corrected chi connectivity index (χ2v) is 10.7. The van der Waals surface area contributed by atoms with Gasteiger partial charge >= 0.3 is 18.4 Å². The molecule has 1 N–H and O–H groups in total. The van der Waals surface area contributed by atoms with Gasteiger partial charge in [0.25, 0.3) is 0 Å². The molecule has 6 nitrogen and oxygen atoms in total. The van der Waals surface area contributed by atoms with Crippen LogP contribution >= 0.6 is 0 Å². The molecule has 2 aromatic carbocycles. The number of piperazine rings is 1. The van der Waals surface area contributed by atoms with E-state index in [9.17, 15) is 40.3 Å². The number of likely N-dealkylation sites (tertiary alicyclic amines) is 1. The van der Waals surface area contributed by atoms with Crippen LogP contribution in [0.5, 0.6) is 0 Å². The Bertz CT molecular complexity index is 1260. The van der Waals surface area contributed by atoms with E-state index >= 15 is 0 Å². The zero-order valence-corrected chi connectivity index (χ0v) is 22.7. The summed E-state index contributed by atoms with van der Waals surface area (Å²) in [6.45, 7) is 5.08. The highest BCUT2D eigenvalue weighted by Gasteiger charge is 2.42. The van der Waals surface area contributed by atoms with Gasteiger partial charge in [0, 0.05) is 33.2 Å². The van der Waals surface area contributed by atoms with E-state index in [1.54, 1.807) is 13.0 Å². The van der Waals surface area contributed by atoms with Gasteiger partial charge in [-0.05, 0) is 73.2 Å². The molecule has 2 saturated heterocycles. The van der Waals surface area contributed by atoms with Crippen LogP contribution in [0.1, 0.15) is 53.2 Å². The number of urea groups is 1. The maximum atomic E-state index is 14.0. The number of aryl methyl sites for hydroxylation is 1. The monoisotopic (exact) mass is 588 g/mol. The number of rotatable bonds is 5. The minimum Gasteiger partial charge on any atom is -0.354 e. The molecule has 0 bridgehead atoms. The summed E-state index contributed by atoms with van der Waals surface area (Å²) in [5, 5.41) is 2.76. The number of hydrogen-bond donors (Lipinski definition) is 1. The summed E-state index contributed by atoms with van der Waals surface area (Å²) >= 11 is 0. The predicted molar refractivity (Wildman–Crippen MR) is 136 cm³/mol. The van der Waals surface area contributed by atoms with E-state index in [2.05, 4.69) is 5.32 Å². The molecular formula is C28H31F7N4O2. The highest BCUT2D eigenvalue weighted by atomic mass is 19.4. The summed E-state index contributed by atoms with van der Waals surface area (Å²) in [5.74, 6) is -0.727. The van der Waals surface area contributed by atoms with Gasteiger partial charge in [0.2, 0.25) is 5.91 Å². The third kappa shape index (κ3) is 6.77. The summed E-state index contributed by atoms with van der Waals surface area (Å²) in [4.78, 5) is 30.4. The number of halogens is 7. The van der Waals surface area contributed by atoms with E-state index in [1.165, 1.54) is 31.0 Å². The molecule has 2 aliphatic heterocycles. The quantitative estimate of drug-likeness (QED) is 0.451. The van der Waals surface area contributed by atoms with Crippen LogP contribution in [0, 0.1) is 18.7 Å². The number of hydrogen-bond acceptors (Lipinski definition) is 3. The minimum atomic E-state index is -5.02. The Labute approximate surface area is 233 Å². The molecule has 3 amide bonds. The number of carbonyl (C=O) groups excluding carboxylic acids is 2. The first-order valence-corrected chi connectivity index (χ1v) is 13.1. The molecule has 0 aromatic heterocycles. The van der Waals surface area contributed by atoms with Crippen molar-refractivity contribution in [3.05, 3.63) is 70.0 Å². The predicted octanol–water partition coefficient (Wildman–Crippen LogP) is 5.78. The van der Waals surface area contributed by atoms with E-state index in [0.29, 0.717) is 49.3 Å². The van der Waals surface area contributed by atoms with E-state index in [4.69, 9.17) is 0 Å². The topological polar surface area (TPSA) is 55.9 Å². The molecule has 13 heteroatoms. The standard InChI is InChI=1S/C28H31F7N4O2/c1-16-10-22(29)4-5-23(16)25-18(14-38-9-7-36-24(40)15-38)6-8-39(25)26(41)37(3)17(2)19-11-20(27(30,31)32)13-21(12-19)28(33,34)35/h4-5,10-13,17-18,25H,6-9,14-15H2,1-3H3,(H,36,40). The average Bonchev–Trinajstić information content (AvgIpc) is 3.29. The molecule has 2 fully saturated rings. The zero-order chi connectivity index (χ0) is 30.3. The fourth-order valence-corrected chi connectivity index (χ4v) is 5.65. The second kappa shape index (κ2) is 11.5. The molecular weight excluding hydrogens is 557 g/mol. The van der Waals surface area contributed by atoms with Crippen LogP contribution in [0.15, 0.2) is 36.4 Å². The third-order valence-electron chi connectivity index (χ3n) is 7.90. The summed E-state index contributed by atoms with van der Waals surface area (Å²) < 4.78 is 94.7. The van der Waals surface area contributed by atoms with Crippen molar-refractivity contribution >= 4 is 11.9 Å². The Hall–Kier alpha value is -3.35. The minimum absolute atomic E-state index is 0.0529. The lowest BCUT2D eigenvalue weighted by atomic mass is 9.90. The lowest BCUT2D eigenvalue weighted by Gasteiger charge is -2.37. The molecule has 2 heterocycles. The van der Waals surface area contributed by atoms with Crippen molar-refractivity contribution < 1.29 is 40.3 Å². The Kier molecular flexibility index (Phi) is 8.58. The van der Waals surface area contributed by atoms with Crippen molar-refractivity contribution in [2.24, 2.45) is 5.92 Å². The molecule has 0 spiro atoms. The smallest absolute Gasteiger partial charge is 0.354 e. The first-order valence-electron chi connectivity index (χ1n) is 13.1. The average molecular weight is 589 g/mol. The molecule has 2 aromatic rings. The first kappa shape index (κ1) is 30.6. The molecule has 0 saturated carbocycles. The van der Waals surface area contributed by atoms with Gasteiger partial charge in [-0.3, -0.25) is 9.69 Å². The number of carbonyl (C=O) groups is 2. The molecule has 224 valence electrons. The Morgan fingerprint density at radius 2 is 1.68 bits per heavy atom. The maximum absolute atomic E-state index is 14.0. The lowest BCUT2D eigenvalue weighted by molar-refractivity contribution is -0.143. The van der Waals surface area contributed by atoms with E-state index in [-0.39, 0.29) is 36.5 Å². The first-order chi connectivity index (χ1) is 19.1. The Balaban J connectivity index is 1.65. The van der Waals surface area contributed by atoms with Crippen molar-refractivity contribution in [1.29, 1.82) is 0 Å². The van der Waals surface area contributed by atoms with Gasteiger partial charge in [-0.2, -0.15) is 26.3 Å². The number of amides is 3. The van der Waals surface area contributed by atoms with Crippen LogP contribution in [0.4, 0.5) is 35.5 Å². The molecule has 41 heavy (non-hydrogen) atoms. The van der Waals surface area contributed by atoms with Gasteiger partial charge in [-0.1, -0.05) is 6.07 Å². The SMILES string of the molecule is Cc1cc(F)ccc1C1C(CN2CCNC(=O)C2)CCN1C(=O)N(C)C(C)c1cc(C(F)(F)F)cc(C(F)(F)F)c1. The highest BCUT2D eigenvalue weighted by molar-refractivity contribution is 5.78. The van der Waals surface area contributed by atoms with Crippen molar-refractivity contribution in [1.82, 2.24) is 20.0 Å². The van der Waals surface area contributed by atoms with Gasteiger partial charge in [0.05, 0.1) is 29.8 Å². The van der Waals surface area contributed by atoms with Crippen LogP contribution in [-0.2, 0) is 17.1 Å². The zero-order valence-electron chi connectivity index (χ0n) is 22.7. The summed E-state index contributed by atoms with van der Waals surface area (Å²) in [5.41, 5.74) is -1.95. The molecule has 4 rings (SSSR count).